The number of para-hydroxylation sites is 1. The molecule has 8 heteroatoms. The molecule has 3 heterocycles. The topological polar surface area (TPSA) is 55.0 Å². The van der Waals surface area contributed by atoms with Crippen LogP contribution in [0.2, 0.25) is 0 Å². The van der Waals surface area contributed by atoms with E-state index in [1.807, 2.05) is 29.8 Å². The van der Waals surface area contributed by atoms with E-state index in [0.29, 0.717) is 6.67 Å². The van der Waals surface area contributed by atoms with Gasteiger partial charge in [0.05, 0.1) is 12.4 Å². The molecule has 2 aromatic heterocycles. The zero-order chi connectivity index (χ0) is 18.8. The Balaban J connectivity index is 1.48. The number of hydrogen-bond acceptors (Lipinski definition) is 6. The molecule has 1 aromatic carbocycles. The molecule has 0 atom stereocenters. The maximum Gasteiger partial charge on any atom is 0.225 e. The van der Waals surface area contributed by atoms with Gasteiger partial charge in [-0.25, -0.2) is 14.6 Å². The molecule has 0 amide bonds. The van der Waals surface area contributed by atoms with Crippen molar-refractivity contribution in [3.8, 4) is 5.69 Å². The van der Waals surface area contributed by atoms with E-state index in [0.717, 1.165) is 48.4 Å². The Bertz CT molecular complexity index is 971. The second kappa shape index (κ2) is 7.58. The van der Waals surface area contributed by atoms with Gasteiger partial charge in [0.1, 0.15) is 5.82 Å². The van der Waals surface area contributed by atoms with Crippen molar-refractivity contribution in [1.82, 2.24) is 29.2 Å². The van der Waals surface area contributed by atoms with Crippen LogP contribution < -0.4 is 4.90 Å². The van der Waals surface area contributed by atoms with Crippen molar-refractivity contribution in [1.29, 1.82) is 0 Å². The van der Waals surface area contributed by atoms with Gasteiger partial charge < -0.3 is 4.90 Å². The van der Waals surface area contributed by atoms with Gasteiger partial charge in [-0.05, 0) is 43.8 Å². The Kier molecular flexibility index (Phi) is 5.00. The minimum Gasteiger partial charge on any atom is -0.338 e. The largest absolute Gasteiger partial charge is 0.338 e. The molecule has 0 aliphatic carbocycles. The molecule has 0 bridgehead atoms. The van der Waals surface area contributed by atoms with Crippen molar-refractivity contribution in [3.05, 3.63) is 58.9 Å². The number of aryl methyl sites for hydroxylation is 2. The van der Waals surface area contributed by atoms with Crippen LogP contribution in [0.4, 0.5) is 5.95 Å². The summed E-state index contributed by atoms with van der Waals surface area (Å²) in [7, 11) is 0. The lowest BCUT2D eigenvalue weighted by Gasteiger charge is -2.34. The molecule has 1 fully saturated rings. The fraction of sp³-hybridized carbons (Fsp3) is 0.368. The summed E-state index contributed by atoms with van der Waals surface area (Å²) in [6.07, 6.45) is 3.57. The first-order valence-corrected chi connectivity index (χ1v) is 9.51. The summed E-state index contributed by atoms with van der Waals surface area (Å²) in [5.74, 6) is 1.71. The zero-order valence-corrected chi connectivity index (χ0v) is 16.4. The molecule has 3 aromatic rings. The quantitative estimate of drug-likeness (QED) is 0.648. The van der Waals surface area contributed by atoms with Gasteiger partial charge in [0.15, 0.2) is 0 Å². The van der Waals surface area contributed by atoms with Gasteiger partial charge in [-0.3, -0.25) is 9.47 Å². The predicted octanol–water partition coefficient (Wildman–Crippen LogP) is 2.59. The Hall–Kier alpha value is -2.58. The lowest BCUT2D eigenvalue weighted by molar-refractivity contribution is 0.193. The lowest BCUT2D eigenvalue weighted by atomic mass is 10.2. The van der Waals surface area contributed by atoms with E-state index in [9.17, 15) is 0 Å². The van der Waals surface area contributed by atoms with E-state index < -0.39 is 0 Å². The molecule has 0 unspecified atom stereocenters. The van der Waals surface area contributed by atoms with Crippen LogP contribution in [0.3, 0.4) is 0 Å². The fourth-order valence-electron chi connectivity index (χ4n) is 3.43. The summed E-state index contributed by atoms with van der Waals surface area (Å²) in [5, 5.41) is 4.69. The van der Waals surface area contributed by atoms with Gasteiger partial charge in [0.2, 0.25) is 10.7 Å². The Labute approximate surface area is 163 Å². The van der Waals surface area contributed by atoms with Gasteiger partial charge in [-0.15, -0.1) is 0 Å². The maximum absolute atomic E-state index is 5.73. The summed E-state index contributed by atoms with van der Waals surface area (Å²) < 4.78 is 4.71. The third-order valence-electron chi connectivity index (χ3n) is 4.90. The molecule has 0 spiro atoms. The van der Waals surface area contributed by atoms with Gasteiger partial charge in [-0.1, -0.05) is 18.2 Å². The van der Waals surface area contributed by atoms with E-state index in [1.165, 1.54) is 5.56 Å². The summed E-state index contributed by atoms with van der Waals surface area (Å²) in [4.78, 5) is 13.3. The van der Waals surface area contributed by atoms with Crippen LogP contribution in [-0.2, 0) is 6.67 Å². The highest BCUT2D eigenvalue weighted by Gasteiger charge is 2.20. The van der Waals surface area contributed by atoms with Crippen LogP contribution in [0.25, 0.3) is 5.69 Å². The highest BCUT2D eigenvalue weighted by atomic mass is 32.1. The third-order valence-corrected chi connectivity index (χ3v) is 5.29. The van der Waals surface area contributed by atoms with Crippen LogP contribution in [0.1, 0.15) is 11.4 Å². The highest BCUT2D eigenvalue weighted by Crippen LogP contribution is 2.17. The van der Waals surface area contributed by atoms with Crippen LogP contribution in [0, 0.1) is 18.6 Å². The molecule has 4 rings (SSSR count). The van der Waals surface area contributed by atoms with Crippen molar-refractivity contribution in [2.45, 2.75) is 20.5 Å². The summed E-state index contributed by atoms with van der Waals surface area (Å²) in [5.41, 5.74) is 2.28. The van der Waals surface area contributed by atoms with Crippen molar-refractivity contribution in [2.24, 2.45) is 0 Å². The molecule has 1 saturated heterocycles. The molecule has 7 nitrogen and oxygen atoms in total. The van der Waals surface area contributed by atoms with Crippen LogP contribution in [0.15, 0.2) is 42.7 Å². The average molecular weight is 382 g/mol. The normalized spacial score (nSPS) is 15.3. The van der Waals surface area contributed by atoms with Crippen molar-refractivity contribution in [3.63, 3.8) is 0 Å². The zero-order valence-electron chi connectivity index (χ0n) is 15.6. The number of nitrogens with zero attached hydrogens (tertiary/aromatic N) is 7. The maximum atomic E-state index is 5.73. The van der Waals surface area contributed by atoms with Crippen LogP contribution in [0.5, 0.6) is 0 Å². The molecular formula is C19H23N7S. The van der Waals surface area contributed by atoms with Gasteiger partial charge >= 0.3 is 0 Å². The summed E-state index contributed by atoms with van der Waals surface area (Å²) >= 11 is 5.73. The smallest absolute Gasteiger partial charge is 0.225 e. The molecular weight excluding hydrogens is 358 g/mol. The minimum atomic E-state index is 0.696. The minimum absolute atomic E-state index is 0.696. The average Bonchev–Trinajstić information content (AvgIpc) is 2.97. The van der Waals surface area contributed by atoms with Crippen molar-refractivity contribution < 1.29 is 0 Å². The molecule has 0 N–H and O–H groups in total. The van der Waals surface area contributed by atoms with Crippen LogP contribution in [-0.4, -0.2) is 55.4 Å². The van der Waals surface area contributed by atoms with Crippen LogP contribution >= 0.6 is 12.2 Å². The second-order valence-corrected chi connectivity index (χ2v) is 7.11. The summed E-state index contributed by atoms with van der Waals surface area (Å²) in [6.45, 7) is 8.44. The van der Waals surface area contributed by atoms with Crippen molar-refractivity contribution in [2.75, 3.05) is 31.1 Å². The van der Waals surface area contributed by atoms with Gasteiger partial charge in [-0.2, -0.15) is 5.10 Å². The fourth-order valence-corrected chi connectivity index (χ4v) is 3.76. The van der Waals surface area contributed by atoms with Crippen molar-refractivity contribution >= 4 is 18.2 Å². The molecule has 0 saturated carbocycles. The Morgan fingerprint density at radius 2 is 1.67 bits per heavy atom. The number of hydrogen-bond donors (Lipinski definition) is 0. The molecule has 1 aliphatic rings. The molecule has 0 radical (unpaired) electrons. The number of aromatic nitrogens is 5. The number of anilines is 1. The Morgan fingerprint density at radius 3 is 2.37 bits per heavy atom. The van der Waals surface area contributed by atoms with Gasteiger partial charge in [0, 0.05) is 38.6 Å². The molecule has 27 heavy (non-hydrogen) atoms. The van der Waals surface area contributed by atoms with Gasteiger partial charge in [0.25, 0.3) is 0 Å². The first kappa shape index (κ1) is 17.8. The first-order chi connectivity index (χ1) is 13.1. The number of piperazine rings is 1. The van der Waals surface area contributed by atoms with E-state index in [-0.39, 0.29) is 0 Å². The Morgan fingerprint density at radius 1 is 0.963 bits per heavy atom. The van der Waals surface area contributed by atoms with E-state index in [1.54, 1.807) is 12.4 Å². The summed E-state index contributed by atoms with van der Waals surface area (Å²) in [6, 6.07) is 10.1. The molecule has 140 valence electrons. The monoisotopic (exact) mass is 381 g/mol. The van der Waals surface area contributed by atoms with E-state index in [4.69, 9.17) is 17.3 Å². The second-order valence-electron chi connectivity index (χ2n) is 6.75. The number of rotatable bonds is 4. The standard InChI is InChI=1S/C19H23N7S/c1-15-6-3-4-7-17(15)26-16(2)22-25(19(26)27)14-23-10-12-24(13-11-23)18-20-8-5-9-21-18/h3-9H,10-14H2,1-2H3. The van der Waals surface area contributed by atoms with E-state index in [2.05, 4.69) is 43.4 Å². The van der Waals surface area contributed by atoms with E-state index >= 15 is 0 Å². The molecule has 1 aliphatic heterocycles. The predicted molar refractivity (Wildman–Crippen MR) is 108 cm³/mol. The lowest BCUT2D eigenvalue weighted by Crippen LogP contribution is -2.47. The SMILES string of the molecule is Cc1ccccc1-n1c(C)nn(CN2CCN(c3ncccn3)CC2)c1=S. The number of benzene rings is 1. The first-order valence-electron chi connectivity index (χ1n) is 9.10. The highest BCUT2D eigenvalue weighted by molar-refractivity contribution is 7.71. The third kappa shape index (κ3) is 3.63.